The summed E-state index contributed by atoms with van der Waals surface area (Å²) in [5.41, 5.74) is 0. The van der Waals surface area contributed by atoms with Gasteiger partial charge in [0.05, 0.1) is 6.42 Å². The first kappa shape index (κ1) is 7.19. The predicted octanol–water partition coefficient (Wildman–Crippen LogP) is -0.0388. The quantitative estimate of drug-likeness (QED) is 0.483. The van der Waals surface area contributed by atoms with Crippen LogP contribution < -0.4 is 0 Å². The Morgan fingerprint density at radius 2 is 2.25 bits per heavy atom. The number of ketones is 1. The van der Waals surface area contributed by atoms with Crippen molar-refractivity contribution in [2.45, 2.75) is 13.3 Å². The van der Waals surface area contributed by atoms with Crippen molar-refractivity contribution in [3.8, 4) is 11.8 Å². The topological polar surface area (TPSA) is 37.3 Å². The fraction of sp³-hybridized carbons (Fsp3) is 0.500. The van der Waals surface area contributed by atoms with Gasteiger partial charge >= 0.3 is 0 Å². The molecule has 8 heavy (non-hydrogen) atoms. The minimum atomic E-state index is -0.159. The summed E-state index contributed by atoms with van der Waals surface area (Å²) in [5.74, 6) is 4.88. The van der Waals surface area contributed by atoms with Crippen LogP contribution in [-0.2, 0) is 4.79 Å². The highest BCUT2D eigenvalue weighted by Crippen LogP contribution is 1.74. The van der Waals surface area contributed by atoms with Crippen LogP contribution in [0.5, 0.6) is 0 Å². The molecule has 0 rings (SSSR count). The van der Waals surface area contributed by atoms with E-state index in [2.05, 4.69) is 11.8 Å². The van der Waals surface area contributed by atoms with Crippen molar-refractivity contribution in [3.05, 3.63) is 0 Å². The number of carbonyl (C=O) groups excluding carboxylic acids is 1. The van der Waals surface area contributed by atoms with Gasteiger partial charge in [-0.2, -0.15) is 0 Å². The maximum absolute atomic E-state index is 10.1. The van der Waals surface area contributed by atoms with E-state index in [0.29, 0.717) is 0 Å². The van der Waals surface area contributed by atoms with Gasteiger partial charge in [-0.1, -0.05) is 11.8 Å². The molecular weight excluding hydrogens is 104 g/mol. The largest absolute Gasteiger partial charge is 0.384 e. The molecule has 0 amide bonds. The smallest absolute Gasteiger partial charge is 0.141 e. The molecule has 2 nitrogen and oxygen atoms in total. The van der Waals surface area contributed by atoms with Crippen LogP contribution in [0.15, 0.2) is 0 Å². The molecule has 2 heteroatoms. The molecule has 0 fully saturated rings. The minimum Gasteiger partial charge on any atom is -0.384 e. The van der Waals surface area contributed by atoms with E-state index in [4.69, 9.17) is 5.11 Å². The molecule has 0 aliphatic carbocycles. The summed E-state index contributed by atoms with van der Waals surface area (Å²) in [6.07, 6.45) is 0.251. The zero-order valence-electron chi connectivity index (χ0n) is 4.77. The Labute approximate surface area is 48.5 Å². The zero-order chi connectivity index (χ0) is 6.41. The lowest BCUT2D eigenvalue weighted by atomic mass is 10.3. The van der Waals surface area contributed by atoms with Gasteiger partial charge in [-0.05, 0) is 6.92 Å². The minimum absolute atomic E-state index is 0.0333. The molecule has 44 valence electrons. The Hall–Kier alpha value is -0.810. The Bertz CT molecular complexity index is 127. The molecule has 0 saturated heterocycles. The lowest BCUT2D eigenvalue weighted by molar-refractivity contribution is -0.116. The summed E-state index contributed by atoms with van der Waals surface area (Å²) in [6.45, 7) is 1.30. The molecule has 0 aliphatic heterocycles. The highest BCUT2D eigenvalue weighted by Gasteiger charge is 1.82. The van der Waals surface area contributed by atoms with Crippen LogP contribution in [-0.4, -0.2) is 17.5 Å². The van der Waals surface area contributed by atoms with E-state index in [1.807, 2.05) is 0 Å². The van der Waals surface area contributed by atoms with Gasteiger partial charge in [-0.3, -0.25) is 4.79 Å². The molecule has 0 atom stereocenters. The second-order valence-corrected chi connectivity index (χ2v) is 1.39. The Morgan fingerprint density at radius 3 is 2.62 bits per heavy atom. The normalized spacial score (nSPS) is 7.25. The van der Waals surface area contributed by atoms with Gasteiger partial charge in [0, 0.05) is 0 Å². The van der Waals surface area contributed by atoms with Gasteiger partial charge in [-0.25, -0.2) is 0 Å². The highest BCUT2D eigenvalue weighted by molar-refractivity contribution is 5.77. The lowest BCUT2D eigenvalue weighted by Gasteiger charge is -1.75. The number of aliphatic hydroxyl groups excluding tert-OH is 1. The van der Waals surface area contributed by atoms with Crippen LogP contribution in [0.3, 0.4) is 0 Å². The van der Waals surface area contributed by atoms with Crippen molar-refractivity contribution in [2.75, 3.05) is 6.61 Å². The van der Waals surface area contributed by atoms with Crippen LogP contribution >= 0.6 is 0 Å². The predicted molar refractivity (Wildman–Crippen MR) is 30.2 cm³/mol. The van der Waals surface area contributed by atoms with Crippen molar-refractivity contribution in [1.29, 1.82) is 0 Å². The van der Waals surface area contributed by atoms with E-state index in [-0.39, 0.29) is 18.8 Å². The standard InChI is InChI=1S/C6H8O2/c1-6(8)4-2-3-5-7/h7H,4-5H2,1H3. The molecule has 0 heterocycles. The third kappa shape index (κ3) is 5.19. The van der Waals surface area contributed by atoms with Crippen molar-refractivity contribution >= 4 is 5.78 Å². The highest BCUT2D eigenvalue weighted by atomic mass is 16.2. The van der Waals surface area contributed by atoms with Crippen LogP contribution in [0.4, 0.5) is 0 Å². The van der Waals surface area contributed by atoms with E-state index >= 15 is 0 Å². The fourth-order valence-corrected chi connectivity index (χ4v) is 0.243. The second-order valence-electron chi connectivity index (χ2n) is 1.39. The number of hydrogen-bond acceptors (Lipinski definition) is 2. The van der Waals surface area contributed by atoms with Crippen molar-refractivity contribution < 1.29 is 9.90 Å². The van der Waals surface area contributed by atoms with Gasteiger partial charge in [0.1, 0.15) is 12.4 Å². The number of Topliss-reactive ketones (excluding diaryl/α,β-unsaturated/α-hetero) is 1. The van der Waals surface area contributed by atoms with E-state index < -0.39 is 0 Å². The van der Waals surface area contributed by atoms with Crippen molar-refractivity contribution in [2.24, 2.45) is 0 Å². The first-order valence-electron chi connectivity index (χ1n) is 2.33. The molecule has 0 saturated carbocycles. The molecule has 0 bridgehead atoms. The summed E-state index contributed by atoms with van der Waals surface area (Å²) in [6, 6.07) is 0. The Balaban J connectivity index is 3.29. The molecule has 0 aliphatic rings. The first-order valence-corrected chi connectivity index (χ1v) is 2.33. The van der Waals surface area contributed by atoms with E-state index in [9.17, 15) is 4.79 Å². The third-order valence-electron chi connectivity index (χ3n) is 0.541. The van der Waals surface area contributed by atoms with Gasteiger partial charge in [0.15, 0.2) is 0 Å². The number of carbonyl (C=O) groups is 1. The maximum Gasteiger partial charge on any atom is 0.141 e. The number of aliphatic hydroxyl groups is 1. The summed E-state index contributed by atoms with van der Waals surface area (Å²) >= 11 is 0. The molecule has 0 aromatic carbocycles. The van der Waals surface area contributed by atoms with Crippen LogP contribution in [0.2, 0.25) is 0 Å². The van der Waals surface area contributed by atoms with Crippen LogP contribution in [0.25, 0.3) is 0 Å². The average molecular weight is 112 g/mol. The molecule has 0 spiro atoms. The van der Waals surface area contributed by atoms with Crippen molar-refractivity contribution in [1.82, 2.24) is 0 Å². The van der Waals surface area contributed by atoms with Crippen LogP contribution in [0.1, 0.15) is 13.3 Å². The van der Waals surface area contributed by atoms with Gasteiger partial charge in [0.25, 0.3) is 0 Å². The van der Waals surface area contributed by atoms with Gasteiger partial charge < -0.3 is 5.11 Å². The van der Waals surface area contributed by atoms with E-state index in [1.54, 1.807) is 0 Å². The SMILES string of the molecule is CC(=O)CC#CCO. The van der Waals surface area contributed by atoms with E-state index in [1.165, 1.54) is 6.92 Å². The molecular formula is C6H8O2. The summed E-state index contributed by atoms with van der Waals surface area (Å²) in [5, 5.41) is 8.09. The van der Waals surface area contributed by atoms with Gasteiger partial charge in [-0.15, -0.1) is 0 Å². The van der Waals surface area contributed by atoms with E-state index in [0.717, 1.165) is 0 Å². The zero-order valence-corrected chi connectivity index (χ0v) is 4.77. The maximum atomic E-state index is 10.1. The first-order chi connectivity index (χ1) is 3.77. The molecule has 0 aromatic rings. The second kappa shape index (κ2) is 4.35. The third-order valence-corrected chi connectivity index (χ3v) is 0.541. The average Bonchev–Trinajstić information content (AvgIpc) is 1.66. The van der Waals surface area contributed by atoms with Gasteiger partial charge in [0.2, 0.25) is 0 Å². The Morgan fingerprint density at radius 1 is 1.62 bits per heavy atom. The summed E-state index contributed by atoms with van der Waals surface area (Å²) < 4.78 is 0. The Kier molecular flexibility index (Phi) is 3.91. The monoisotopic (exact) mass is 112 g/mol. The number of hydrogen-bond donors (Lipinski definition) is 1. The molecule has 0 aromatic heterocycles. The fourth-order valence-electron chi connectivity index (χ4n) is 0.243. The lowest BCUT2D eigenvalue weighted by Crippen LogP contribution is -1.84. The summed E-state index contributed by atoms with van der Waals surface area (Å²) in [4.78, 5) is 10.1. The molecule has 0 radical (unpaired) electrons. The summed E-state index contributed by atoms with van der Waals surface area (Å²) in [7, 11) is 0. The van der Waals surface area contributed by atoms with Crippen molar-refractivity contribution in [3.63, 3.8) is 0 Å². The van der Waals surface area contributed by atoms with Crippen LogP contribution in [0, 0.1) is 11.8 Å². The molecule has 0 unspecified atom stereocenters. The number of rotatable bonds is 1. The molecule has 1 N–H and O–H groups in total.